The van der Waals surface area contributed by atoms with Gasteiger partial charge in [0.15, 0.2) is 0 Å². The molecule has 0 saturated heterocycles. The fourth-order valence-corrected chi connectivity index (χ4v) is 3.35. The van der Waals surface area contributed by atoms with Gasteiger partial charge in [0.1, 0.15) is 5.75 Å². The molecule has 0 radical (unpaired) electrons. The van der Waals surface area contributed by atoms with Crippen LogP contribution >= 0.6 is 0 Å². The standard InChI is InChI=1S/C14H20O4S/c1-17-12-9-7-11(8-10-12)13-5-3-4-6-14(13)18-19(2,15)16/h7-10,13-14H,3-6H2,1-2H3/t13-,14-/m1/s1. The maximum atomic E-state index is 11.3. The SMILES string of the molecule is COc1ccc([C@H]2CCCC[C@H]2OS(C)(=O)=O)cc1. The minimum Gasteiger partial charge on any atom is -0.497 e. The molecule has 0 aliphatic heterocycles. The van der Waals surface area contributed by atoms with Crippen LogP contribution in [0.1, 0.15) is 37.2 Å². The Labute approximate surface area is 114 Å². The molecule has 5 heteroatoms. The van der Waals surface area contributed by atoms with E-state index in [9.17, 15) is 8.42 Å². The molecular weight excluding hydrogens is 264 g/mol. The van der Waals surface area contributed by atoms with Gasteiger partial charge >= 0.3 is 0 Å². The van der Waals surface area contributed by atoms with Crippen molar-refractivity contribution in [1.82, 2.24) is 0 Å². The van der Waals surface area contributed by atoms with Crippen molar-refractivity contribution in [3.8, 4) is 5.75 Å². The molecule has 1 saturated carbocycles. The Morgan fingerprint density at radius 2 is 1.74 bits per heavy atom. The van der Waals surface area contributed by atoms with Crippen LogP contribution in [0.15, 0.2) is 24.3 Å². The van der Waals surface area contributed by atoms with E-state index in [-0.39, 0.29) is 12.0 Å². The summed E-state index contributed by atoms with van der Waals surface area (Å²) in [6, 6.07) is 7.80. The second-order valence-corrected chi connectivity index (χ2v) is 6.60. The fourth-order valence-electron chi connectivity index (χ4n) is 2.67. The van der Waals surface area contributed by atoms with Crippen molar-refractivity contribution >= 4 is 10.1 Å². The van der Waals surface area contributed by atoms with Crippen molar-refractivity contribution in [2.75, 3.05) is 13.4 Å². The quantitative estimate of drug-likeness (QED) is 0.798. The largest absolute Gasteiger partial charge is 0.497 e. The normalized spacial score (nSPS) is 24.1. The summed E-state index contributed by atoms with van der Waals surface area (Å²) < 4.78 is 33.0. The van der Waals surface area contributed by atoms with Gasteiger partial charge in [-0.25, -0.2) is 0 Å². The molecule has 4 nitrogen and oxygen atoms in total. The van der Waals surface area contributed by atoms with E-state index in [1.807, 2.05) is 24.3 Å². The predicted molar refractivity (Wildman–Crippen MR) is 73.9 cm³/mol. The molecule has 1 aromatic rings. The lowest BCUT2D eigenvalue weighted by Gasteiger charge is -2.30. The topological polar surface area (TPSA) is 52.6 Å². The molecule has 1 aliphatic rings. The highest BCUT2D eigenvalue weighted by atomic mass is 32.2. The van der Waals surface area contributed by atoms with E-state index in [1.165, 1.54) is 0 Å². The van der Waals surface area contributed by atoms with Crippen LogP contribution in [0.4, 0.5) is 0 Å². The molecule has 0 N–H and O–H groups in total. The van der Waals surface area contributed by atoms with Gasteiger partial charge in [-0.05, 0) is 30.5 Å². The zero-order valence-corrected chi connectivity index (χ0v) is 12.2. The summed E-state index contributed by atoms with van der Waals surface area (Å²) in [5, 5.41) is 0. The molecule has 1 aromatic carbocycles. The van der Waals surface area contributed by atoms with Crippen molar-refractivity contribution in [2.45, 2.75) is 37.7 Å². The van der Waals surface area contributed by atoms with E-state index >= 15 is 0 Å². The van der Waals surface area contributed by atoms with E-state index in [4.69, 9.17) is 8.92 Å². The van der Waals surface area contributed by atoms with Gasteiger partial charge in [0.05, 0.1) is 19.5 Å². The Morgan fingerprint density at radius 3 is 2.32 bits per heavy atom. The fraction of sp³-hybridized carbons (Fsp3) is 0.571. The highest BCUT2D eigenvalue weighted by Gasteiger charge is 2.29. The average molecular weight is 284 g/mol. The van der Waals surface area contributed by atoms with Crippen molar-refractivity contribution in [3.63, 3.8) is 0 Å². The average Bonchev–Trinajstić information content (AvgIpc) is 2.38. The minimum absolute atomic E-state index is 0.148. The highest BCUT2D eigenvalue weighted by Crippen LogP contribution is 2.36. The number of ether oxygens (including phenoxy) is 1. The summed E-state index contributed by atoms with van der Waals surface area (Å²) in [5.41, 5.74) is 1.12. The summed E-state index contributed by atoms with van der Waals surface area (Å²) >= 11 is 0. The molecule has 0 bridgehead atoms. The van der Waals surface area contributed by atoms with Crippen molar-refractivity contribution in [2.24, 2.45) is 0 Å². The second kappa shape index (κ2) is 5.92. The Morgan fingerprint density at radius 1 is 1.11 bits per heavy atom. The molecule has 0 spiro atoms. The van der Waals surface area contributed by atoms with E-state index in [0.29, 0.717) is 0 Å². The lowest BCUT2D eigenvalue weighted by atomic mass is 9.82. The Balaban J connectivity index is 2.18. The van der Waals surface area contributed by atoms with Crippen LogP contribution < -0.4 is 4.74 Å². The third-order valence-electron chi connectivity index (χ3n) is 3.54. The molecule has 0 amide bonds. The van der Waals surface area contributed by atoms with Gasteiger partial charge in [-0.15, -0.1) is 0 Å². The molecule has 106 valence electrons. The highest BCUT2D eigenvalue weighted by molar-refractivity contribution is 7.86. The van der Waals surface area contributed by atoms with E-state index in [1.54, 1.807) is 7.11 Å². The zero-order valence-electron chi connectivity index (χ0n) is 11.3. The van der Waals surface area contributed by atoms with Gasteiger partial charge in [0, 0.05) is 5.92 Å². The van der Waals surface area contributed by atoms with Crippen LogP contribution in [-0.4, -0.2) is 27.9 Å². The number of hydrogen-bond acceptors (Lipinski definition) is 4. The van der Waals surface area contributed by atoms with Crippen molar-refractivity contribution < 1.29 is 17.3 Å². The van der Waals surface area contributed by atoms with Crippen LogP contribution in [0.3, 0.4) is 0 Å². The first-order valence-corrected chi connectivity index (χ1v) is 8.33. The minimum atomic E-state index is -3.40. The first-order chi connectivity index (χ1) is 8.99. The summed E-state index contributed by atoms with van der Waals surface area (Å²) in [4.78, 5) is 0. The van der Waals surface area contributed by atoms with Gasteiger partial charge in [-0.2, -0.15) is 8.42 Å². The second-order valence-electron chi connectivity index (χ2n) is 5.00. The Bertz CT molecular complexity index is 507. The third kappa shape index (κ3) is 3.94. The van der Waals surface area contributed by atoms with Crippen molar-refractivity contribution in [3.05, 3.63) is 29.8 Å². The molecular formula is C14H20O4S. The van der Waals surface area contributed by atoms with Crippen molar-refractivity contribution in [1.29, 1.82) is 0 Å². The Hall–Kier alpha value is -1.07. The van der Waals surface area contributed by atoms with E-state index < -0.39 is 10.1 Å². The lowest BCUT2D eigenvalue weighted by molar-refractivity contribution is 0.138. The first-order valence-electron chi connectivity index (χ1n) is 6.52. The van der Waals surface area contributed by atoms with Crippen LogP contribution in [-0.2, 0) is 14.3 Å². The molecule has 0 unspecified atom stereocenters. The molecule has 19 heavy (non-hydrogen) atoms. The van der Waals surface area contributed by atoms with E-state index in [0.717, 1.165) is 43.3 Å². The van der Waals surface area contributed by atoms with Gasteiger partial charge in [-0.3, -0.25) is 4.18 Å². The van der Waals surface area contributed by atoms with Crippen LogP contribution in [0.25, 0.3) is 0 Å². The Kier molecular flexibility index (Phi) is 4.47. The maximum Gasteiger partial charge on any atom is 0.264 e. The molecule has 1 aliphatic carbocycles. The number of benzene rings is 1. The summed E-state index contributed by atoms with van der Waals surface area (Å²) in [5.74, 6) is 0.953. The maximum absolute atomic E-state index is 11.3. The molecule has 2 rings (SSSR count). The number of rotatable bonds is 4. The van der Waals surface area contributed by atoms with Crippen LogP contribution in [0, 0.1) is 0 Å². The third-order valence-corrected chi connectivity index (χ3v) is 4.14. The van der Waals surface area contributed by atoms with E-state index in [2.05, 4.69) is 0 Å². The first kappa shape index (κ1) is 14.3. The van der Waals surface area contributed by atoms with Gasteiger partial charge < -0.3 is 4.74 Å². The lowest BCUT2D eigenvalue weighted by Crippen LogP contribution is -2.28. The smallest absolute Gasteiger partial charge is 0.264 e. The number of methoxy groups -OCH3 is 1. The monoisotopic (exact) mass is 284 g/mol. The van der Waals surface area contributed by atoms with Crippen LogP contribution in [0.5, 0.6) is 5.75 Å². The molecule has 0 heterocycles. The zero-order chi connectivity index (χ0) is 13.9. The van der Waals surface area contributed by atoms with Crippen LogP contribution in [0.2, 0.25) is 0 Å². The molecule has 2 atom stereocenters. The summed E-state index contributed by atoms with van der Waals surface area (Å²) in [6.45, 7) is 0. The molecule has 1 fully saturated rings. The number of hydrogen-bond donors (Lipinski definition) is 0. The summed E-state index contributed by atoms with van der Waals surface area (Å²) in [7, 11) is -1.77. The van der Waals surface area contributed by atoms with Gasteiger partial charge in [0.25, 0.3) is 10.1 Å². The molecule has 0 aromatic heterocycles. The van der Waals surface area contributed by atoms with Gasteiger partial charge in [-0.1, -0.05) is 25.0 Å². The van der Waals surface area contributed by atoms with Gasteiger partial charge in [0.2, 0.25) is 0 Å². The predicted octanol–water partition coefficient (Wildman–Crippen LogP) is 2.70. The summed E-state index contributed by atoms with van der Waals surface area (Å²) in [6.07, 6.45) is 4.77.